The van der Waals surface area contributed by atoms with Gasteiger partial charge in [0.15, 0.2) is 0 Å². The van der Waals surface area contributed by atoms with Crippen LogP contribution >= 0.6 is 15.9 Å². The fourth-order valence-corrected chi connectivity index (χ4v) is 2.10. The molecule has 0 aliphatic heterocycles. The van der Waals surface area contributed by atoms with Gasteiger partial charge < -0.3 is 14.6 Å². The molecule has 6 heteroatoms. The first-order valence-electron chi connectivity index (χ1n) is 6.89. The van der Waals surface area contributed by atoms with Crippen molar-refractivity contribution < 1.29 is 24.2 Å². The molecule has 0 radical (unpaired) electrons. The number of ether oxygens (including phenoxy) is 2. The summed E-state index contributed by atoms with van der Waals surface area (Å²) in [5.74, 6) is -1.08. The molecule has 0 atom stereocenters. The Labute approximate surface area is 138 Å². The summed E-state index contributed by atoms with van der Waals surface area (Å²) in [6, 6.07) is 5.32. The van der Waals surface area contributed by atoms with Crippen LogP contribution in [0.1, 0.15) is 32.8 Å². The number of esters is 1. The zero-order valence-corrected chi connectivity index (χ0v) is 14.3. The lowest BCUT2D eigenvalue weighted by molar-refractivity contribution is -0.142. The van der Waals surface area contributed by atoms with Gasteiger partial charge in [0.25, 0.3) is 0 Å². The Morgan fingerprint density at radius 3 is 2.59 bits per heavy atom. The number of carbonyl (C=O) groups is 2. The van der Waals surface area contributed by atoms with E-state index >= 15 is 0 Å². The van der Waals surface area contributed by atoms with Gasteiger partial charge in [-0.15, -0.1) is 0 Å². The van der Waals surface area contributed by atoms with Gasteiger partial charge in [0.1, 0.15) is 5.75 Å². The lowest BCUT2D eigenvalue weighted by Crippen LogP contribution is -2.11. The highest BCUT2D eigenvalue weighted by atomic mass is 79.9. The van der Waals surface area contributed by atoms with E-state index in [1.165, 1.54) is 6.08 Å². The van der Waals surface area contributed by atoms with Crippen molar-refractivity contribution in [3.63, 3.8) is 0 Å². The lowest BCUT2D eigenvalue weighted by Gasteiger charge is -2.11. The molecule has 22 heavy (non-hydrogen) atoms. The second-order valence-corrected chi connectivity index (χ2v) is 5.66. The van der Waals surface area contributed by atoms with E-state index in [9.17, 15) is 9.59 Å². The van der Waals surface area contributed by atoms with Crippen LogP contribution in [-0.4, -0.2) is 29.8 Å². The summed E-state index contributed by atoms with van der Waals surface area (Å²) in [6.45, 7) is 5.68. The number of benzene rings is 1. The van der Waals surface area contributed by atoms with Gasteiger partial charge in [0, 0.05) is 10.0 Å². The first-order chi connectivity index (χ1) is 10.3. The van der Waals surface area contributed by atoms with Gasteiger partial charge in [-0.25, -0.2) is 4.79 Å². The number of carboxylic acid groups (broad SMARTS) is 1. The number of hydrogen-bond acceptors (Lipinski definition) is 4. The van der Waals surface area contributed by atoms with Gasteiger partial charge in [0.2, 0.25) is 0 Å². The number of aliphatic carboxylic acids is 1. The average Bonchev–Trinajstić information content (AvgIpc) is 2.41. The summed E-state index contributed by atoms with van der Waals surface area (Å²) >= 11 is 3.38. The second kappa shape index (κ2) is 8.58. The Bertz CT molecular complexity index is 578. The molecule has 0 aromatic heterocycles. The highest BCUT2D eigenvalue weighted by molar-refractivity contribution is 9.10. The second-order valence-electron chi connectivity index (χ2n) is 4.81. The topological polar surface area (TPSA) is 72.8 Å². The monoisotopic (exact) mass is 370 g/mol. The molecule has 0 unspecified atom stereocenters. The van der Waals surface area contributed by atoms with Gasteiger partial charge in [-0.05, 0) is 50.6 Å². The third-order valence-corrected chi connectivity index (χ3v) is 3.27. The molecular formula is C16H19BrO5. The molecule has 0 aliphatic carbocycles. The molecule has 0 bridgehead atoms. The Morgan fingerprint density at radius 2 is 2.05 bits per heavy atom. The largest absolute Gasteiger partial charge is 0.491 e. The predicted molar refractivity (Wildman–Crippen MR) is 86.8 cm³/mol. The van der Waals surface area contributed by atoms with Crippen LogP contribution in [0.3, 0.4) is 0 Å². The van der Waals surface area contributed by atoms with Crippen molar-refractivity contribution in [1.29, 1.82) is 0 Å². The van der Waals surface area contributed by atoms with Gasteiger partial charge in [-0.2, -0.15) is 0 Å². The SMILES string of the molecule is CCOC(=O)/C(=C/c1cc(OC(C)C)ccc1Br)CC(=O)O. The number of rotatable bonds is 7. The normalized spacial score (nSPS) is 11.4. The van der Waals surface area contributed by atoms with Gasteiger partial charge in [0.05, 0.1) is 19.1 Å². The van der Waals surface area contributed by atoms with Crippen LogP contribution in [-0.2, 0) is 14.3 Å². The Morgan fingerprint density at radius 1 is 1.36 bits per heavy atom. The number of carboxylic acids is 1. The van der Waals surface area contributed by atoms with Crippen molar-refractivity contribution >= 4 is 33.9 Å². The molecule has 0 fully saturated rings. The molecule has 5 nitrogen and oxygen atoms in total. The molecule has 0 saturated carbocycles. The number of halogens is 1. The highest BCUT2D eigenvalue weighted by Gasteiger charge is 2.15. The zero-order valence-electron chi connectivity index (χ0n) is 12.8. The van der Waals surface area contributed by atoms with Crippen LogP contribution in [0.15, 0.2) is 28.2 Å². The zero-order chi connectivity index (χ0) is 16.7. The van der Waals surface area contributed by atoms with E-state index in [0.29, 0.717) is 11.3 Å². The van der Waals surface area contributed by atoms with E-state index in [1.54, 1.807) is 25.1 Å². The van der Waals surface area contributed by atoms with Crippen LogP contribution in [0.4, 0.5) is 0 Å². The van der Waals surface area contributed by atoms with E-state index < -0.39 is 18.4 Å². The smallest absolute Gasteiger partial charge is 0.334 e. The summed E-state index contributed by atoms with van der Waals surface area (Å²) in [5.41, 5.74) is 0.735. The minimum absolute atomic E-state index is 0.0153. The first kappa shape index (κ1) is 18.2. The van der Waals surface area contributed by atoms with Crippen LogP contribution in [0.25, 0.3) is 6.08 Å². The van der Waals surface area contributed by atoms with E-state index in [4.69, 9.17) is 14.6 Å². The molecule has 1 aromatic rings. The van der Waals surface area contributed by atoms with Crippen molar-refractivity contribution in [3.05, 3.63) is 33.8 Å². The van der Waals surface area contributed by atoms with E-state index in [0.717, 1.165) is 4.47 Å². The van der Waals surface area contributed by atoms with E-state index in [2.05, 4.69) is 15.9 Å². The van der Waals surface area contributed by atoms with E-state index in [-0.39, 0.29) is 18.3 Å². The maximum Gasteiger partial charge on any atom is 0.334 e. The fourth-order valence-electron chi connectivity index (χ4n) is 1.73. The maximum absolute atomic E-state index is 11.9. The minimum atomic E-state index is -1.09. The third-order valence-electron chi connectivity index (χ3n) is 2.55. The van der Waals surface area contributed by atoms with Crippen LogP contribution in [0.2, 0.25) is 0 Å². The summed E-state index contributed by atoms with van der Waals surface area (Å²) < 4.78 is 11.2. The Kier molecular flexibility index (Phi) is 7.11. The molecule has 0 aliphatic rings. The minimum Gasteiger partial charge on any atom is -0.491 e. The molecule has 120 valence electrons. The molecule has 0 saturated heterocycles. The summed E-state index contributed by atoms with van der Waals surface area (Å²) in [6.07, 6.45) is 1.12. The van der Waals surface area contributed by atoms with Crippen molar-refractivity contribution in [2.45, 2.75) is 33.3 Å². The highest BCUT2D eigenvalue weighted by Crippen LogP contribution is 2.26. The molecule has 0 heterocycles. The van der Waals surface area contributed by atoms with Crippen molar-refractivity contribution in [2.75, 3.05) is 6.61 Å². The molecular weight excluding hydrogens is 352 g/mol. The quantitative estimate of drug-likeness (QED) is 0.585. The van der Waals surface area contributed by atoms with E-state index in [1.807, 2.05) is 13.8 Å². The van der Waals surface area contributed by atoms with Gasteiger partial charge in [-0.3, -0.25) is 4.79 Å². The molecule has 1 N–H and O–H groups in total. The number of carbonyl (C=O) groups excluding carboxylic acids is 1. The summed E-state index contributed by atoms with van der Waals surface area (Å²) in [7, 11) is 0. The van der Waals surface area contributed by atoms with Crippen LogP contribution < -0.4 is 4.74 Å². The lowest BCUT2D eigenvalue weighted by atomic mass is 10.1. The van der Waals surface area contributed by atoms with Crippen LogP contribution in [0, 0.1) is 0 Å². The van der Waals surface area contributed by atoms with Gasteiger partial charge >= 0.3 is 11.9 Å². The molecule has 1 rings (SSSR count). The molecule has 0 spiro atoms. The van der Waals surface area contributed by atoms with Crippen molar-refractivity contribution in [1.82, 2.24) is 0 Å². The average molecular weight is 371 g/mol. The van der Waals surface area contributed by atoms with Crippen molar-refractivity contribution in [3.8, 4) is 5.75 Å². The maximum atomic E-state index is 11.9. The standard InChI is InChI=1S/C16H19BrO5/c1-4-21-16(20)12(9-15(18)19)7-11-8-13(22-10(2)3)5-6-14(11)17/h5-8,10H,4,9H2,1-3H3,(H,18,19)/b12-7+. The summed E-state index contributed by atoms with van der Waals surface area (Å²) in [4.78, 5) is 22.8. The number of hydrogen-bond donors (Lipinski definition) is 1. The summed E-state index contributed by atoms with van der Waals surface area (Å²) in [5, 5.41) is 8.94. The molecule has 1 aromatic carbocycles. The predicted octanol–water partition coefficient (Wildman–Crippen LogP) is 3.66. The third kappa shape index (κ3) is 5.89. The Hall–Kier alpha value is -1.82. The first-order valence-corrected chi connectivity index (χ1v) is 7.68. The van der Waals surface area contributed by atoms with Crippen molar-refractivity contribution in [2.24, 2.45) is 0 Å². The van der Waals surface area contributed by atoms with Gasteiger partial charge in [-0.1, -0.05) is 15.9 Å². The Balaban J connectivity index is 3.17. The fraction of sp³-hybridized carbons (Fsp3) is 0.375. The van der Waals surface area contributed by atoms with Crippen LogP contribution in [0.5, 0.6) is 5.75 Å². The molecule has 0 amide bonds.